The lowest BCUT2D eigenvalue weighted by molar-refractivity contribution is 0.485. The Morgan fingerprint density at radius 1 is 1.26 bits per heavy atom. The van der Waals surface area contributed by atoms with E-state index in [0.717, 1.165) is 31.2 Å². The maximum atomic E-state index is 4.76. The lowest BCUT2D eigenvalue weighted by Crippen LogP contribution is -2.29. The third-order valence-corrected chi connectivity index (χ3v) is 4.47. The van der Waals surface area contributed by atoms with Gasteiger partial charge in [0.15, 0.2) is 5.13 Å². The molecular formula is C15H29N3S. The van der Waals surface area contributed by atoms with Gasteiger partial charge < -0.3 is 10.2 Å². The van der Waals surface area contributed by atoms with Crippen molar-refractivity contribution in [2.24, 2.45) is 5.92 Å². The molecule has 0 saturated heterocycles. The van der Waals surface area contributed by atoms with E-state index in [1.54, 1.807) is 11.3 Å². The second kappa shape index (κ2) is 8.54. The van der Waals surface area contributed by atoms with Crippen molar-refractivity contribution in [2.45, 2.75) is 60.0 Å². The Labute approximate surface area is 122 Å². The largest absolute Gasteiger partial charge is 0.348 e. The van der Waals surface area contributed by atoms with Crippen LogP contribution in [0.4, 0.5) is 5.13 Å². The smallest absolute Gasteiger partial charge is 0.185 e. The summed E-state index contributed by atoms with van der Waals surface area (Å²) in [6, 6.07) is 0.511. The van der Waals surface area contributed by atoms with E-state index in [9.17, 15) is 0 Å². The van der Waals surface area contributed by atoms with Gasteiger partial charge in [-0.3, -0.25) is 0 Å². The summed E-state index contributed by atoms with van der Waals surface area (Å²) in [5.41, 5.74) is 1.16. The molecule has 1 aromatic heterocycles. The number of nitrogens with zero attached hydrogens (tertiary/aromatic N) is 2. The highest BCUT2D eigenvalue weighted by molar-refractivity contribution is 7.13. The molecule has 0 aliphatic carbocycles. The van der Waals surface area contributed by atoms with Gasteiger partial charge in [0.05, 0.1) is 5.69 Å². The first-order chi connectivity index (χ1) is 9.10. The highest BCUT2D eigenvalue weighted by Gasteiger charge is 2.13. The summed E-state index contributed by atoms with van der Waals surface area (Å²) in [6.45, 7) is 14.2. The van der Waals surface area contributed by atoms with E-state index < -0.39 is 0 Å². The minimum absolute atomic E-state index is 0.511. The van der Waals surface area contributed by atoms with Gasteiger partial charge in [-0.2, -0.15) is 0 Å². The molecular weight excluding hydrogens is 254 g/mol. The van der Waals surface area contributed by atoms with Crippen molar-refractivity contribution >= 4 is 16.5 Å². The van der Waals surface area contributed by atoms with E-state index in [2.05, 4.69) is 50.2 Å². The molecule has 4 heteroatoms. The molecule has 0 atom stereocenters. The molecule has 0 aliphatic heterocycles. The van der Waals surface area contributed by atoms with Crippen molar-refractivity contribution in [2.75, 3.05) is 18.0 Å². The molecule has 0 aliphatic rings. The molecule has 1 heterocycles. The summed E-state index contributed by atoms with van der Waals surface area (Å²) in [7, 11) is 0. The molecule has 0 saturated carbocycles. The molecule has 0 fully saturated rings. The van der Waals surface area contributed by atoms with E-state index in [0.29, 0.717) is 6.04 Å². The van der Waals surface area contributed by atoms with Crippen LogP contribution >= 0.6 is 11.3 Å². The van der Waals surface area contributed by atoms with E-state index in [1.807, 2.05) is 0 Å². The fourth-order valence-corrected chi connectivity index (χ4v) is 2.93. The molecule has 0 spiro atoms. The second-order valence-corrected chi connectivity index (χ2v) is 6.21. The van der Waals surface area contributed by atoms with Crippen LogP contribution < -0.4 is 10.2 Å². The molecule has 0 radical (unpaired) electrons. The number of rotatable bonds is 9. The third-order valence-electron chi connectivity index (χ3n) is 3.52. The summed E-state index contributed by atoms with van der Waals surface area (Å²) in [5.74, 6) is 0.779. The Morgan fingerprint density at radius 3 is 2.47 bits per heavy atom. The van der Waals surface area contributed by atoms with Crippen molar-refractivity contribution in [1.29, 1.82) is 0 Å². The van der Waals surface area contributed by atoms with Crippen molar-refractivity contribution < 1.29 is 0 Å². The van der Waals surface area contributed by atoms with Gasteiger partial charge in [0.1, 0.15) is 0 Å². The maximum Gasteiger partial charge on any atom is 0.185 e. The van der Waals surface area contributed by atoms with Gasteiger partial charge in [0.2, 0.25) is 0 Å². The van der Waals surface area contributed by atoms with Gasteiger partial charge in [-0.1, -0.05) is 40.5 Å². The SMILES string of the molecule is CCC(CC)CN(CC)c1nc(CNC(C)C)cs1. The highest BCUT2D eigenvalue weighted by Crippen LogP contribution is 2.23. The molecule has 19 heavy (non-hydrogen) atoms. The first-order valence-electron chi connectivity index (χ1n) is 7.53. The first-order valence-corrected chi connectivity index (χ1v) is 8.41. The molecule has 1 N–H and O–H groups in total. The van der Waals surface area contributed by atoms with Crippen LogP contribution in [0.15, 0.2) is 5.38 Å². The topological polar surface area (TPSA) is 28.2 Å². The molecule has 1 aromatic rings. The fraction of sp³-hybridized carbons (Fsp3) is 0.800. The van der Waals surface area contributed by atoms with Crippen molar-refractivity contribution in [3.05, 3.63) is 11.1 Å². The highest BCUT2D eigenvalue weighted by atomic mass is 32.1. The lowest BCUT2D eigenvalue weighted by Gasteiger charge is -2.24. The average Bonchev–Trinajstić information content (AvgIpc) is 2.86. The van der Waals surface area contributed by atoms with Gasteiger partial charge in [0.25, 0.3) is 0 Å². The lowest BCUT2D eigenvalue weighted by atomic mass is 10.0. The second-order valence-electron chi connectivity index (χ2n) is 5.38. The van der Waals surface area contributed by atoms with E-state index >= 15 is 0 Å². The van der Waals surface area contributed by atoms with Gasteiger partial charge in [-0.15, -0.1) is 11.3 Å². The van der Waals surface area contributed by atoms with E-state index in [4.69, 9.17) is 4.98 Å². The third kappa shape index (κ3) is 5.49. The Balaban J connectivity index is 2.60. The quantitative estimate of drug-likeness (QED) is 0.745. The van der Waals surface area contributed by atoms with Gasteiger partial charge in [0, 0.05) is 31.1 Å². The zero-order valence-corrected chi connectivity index (χ0v) is 13.9. The van der Waals surface area contributed by atoms with E-state index in [-0.39, 0.29) is 0 Å². The van der Waals surface area contributed by atoms with Crippen molar-refractivity contribution in [3.8, 4) is 0 Å². The molecule has 0 unspecified atom stereocenters. The molecule has 3 nitrogen and oxygen atoms in total. The number of nitrogens with one attached hydrogen (secondary N) is 1. The summed E-state index contributed by atoms with van der Waals surface area (Å²) >= 11 is 1.77. The average molecular weight is 283 g/mol. The van der Waals surface area contributed by atoms with E-state index in [1.165, 1.54) is 18.0 Å². The molecule has 0 bridgehead atoms. The van der Waals surface area contributed by atoms with Crippen LogP contribution in [0.2, 0.25) is 0 Å². The van der Waals surface area contributed by atoms with Crippen LogP contribution in [0.3, 0.4) is 0 Å². The number of aromatic nitrogens is 1. The van der Waals surface area contributed by atoms with Crippen molar-refractivity contribution in [3.63, 3.8) is 0 Å². The summed E-state index contributed by atoms with van der Waals surface area (Å²) in [5, 5.41) is 6.78. The summed E-state index contributed by atoms with van der Waals surface area (Å²) in [6.07, 6.45) is 2.50. The standard InChI is InChI=1S/C15H29N3S/c1-6-13(7-2)10-18(8-3)15-17-14(11-19-15)9-16-12(4)5/h11-13,16H,6-10H2,1-5H3. The number of hydrogen-bond acceptors (Lipinski definition) is 4. The fourth-order valence-electron chi connectivity index (χ4n) is 2.03. The Hall–Kier alpha value is -0.610. The molecule has 1 rings (SSSR count). The Morgan fingerprint density at radius 2 is 1.95 bits per heavy atom. The van der Waals surface area contributed by atoms with Gasteiger partial charge in [-0.05, 0) is 12.8 Å². The molecule has 0 amide bonds. The van der Waals surface area contributed by atoms with Gasteiger partial charge in [-0.25, -0.2) is 4.98 Å². The number of thiazole rings is 1. The Bertz CT molecular complexity index is 345. The predicted molar refractivity (Wildman–Crippen MR) is 86.0 cm³/mol. The van der Waals surface area contributed by atoms with Crippen LogP contribution in [0.25, 0.3) is 0 Å². The zero-order valence-electron chi connectivity index (χ0n) is 13.1. The maximum absolute atomic E-state index is 4.76. The predicted octanol–water partition coefficient (Wildman–Crippen LogP) is 3.90. The normalized spacial score (nSPS) is 11.5. The summed E-state index contributed by atoms with van der Waals surface area (Å²) < 4.78 is 0. The van der Waals surface area contributed by atoms with Crippen LogP contribution in [-0.2, 0) is 6.54 Å². The zero-order chi connectivity index (χ0) is 14.3. The van der Waals surface area contributed by atoms with Crippen molar-refractivity contribution in [1.82, 2.24) is 10.3 Å². The first kappa shape index (κ1) is 16.4. The molecule has 0 aromatic carbocycles. The minimum Gasteiger partial charge on any atom is -0.348 e. The Kier molecular flexibility index (Phi) is 7.39. The number of anilines is 1. The minimum atomic E-state index is 0.511. The number of hydrogen-bond donors (Lipinski definition) is 1. The van der Waals surface area contributed by atoms with Crippen LogP contribution in [0, 0.1) is 5.92 Å². The monoisotopic (exact) mass is 283 g/mol. The van der Waals surface area contributed by atoms with Gasteiger partial charge >= 0.3 is 0 Å². The molecule has 110 valence electrons. The van der Waals surface area contributed by atoms with Crippen LogP contribution in [0.1, 0.15) is 53.2 Å². The van der Waals surface area contributed by atoms with Crippen LogP contribution in [0.5, 0.6) is 0 Å². The van der Waals surface area contributed by atoms with Crippen LogP contribution in [-0.4, -0.2) is 24.1 Å². The summed E-state index contributed by atoms with van der Waals surface area (Å²) in [4.78, 5) is 7.17.